The molecular weight excluding hydrogens is 749 g/mol. The Balaban J connectivity index is 6.48. The molecule has 0 N–H and O–H groups in total. The lowest BCUT2D eigenvalue weighted by Crippen LogP contribution is -2.47. The minimum absolute atomic E-state index is 0.0166. The van der Waals surface area contributed by atoms with Gasteiger partial charge in [0.05, 0.1) is 56.1 Å². The van der Waals surface area contributed by atoms with Gasteiger partial charge in [0, 0.05) is 35.2 Å². The number of carbonyl (C=O) groups is 6. The highest BCUT2D eigenvalue weighted by Gasteiger charge is 2.40. The van der Waals surface area contributed by atoms with Gasteiger partial charge in [0.1, 0.15) is 39.6 Å². The predicted molar refractivity (Wildman–Crippen MR) is 197 cm³/mol. The summed E-state index contributed by atoms with van der Waals surface area (Å²) in [4.78, 5) is 74.1. The molecule has 0 saturated carbocycles. The molecule has 19 heteroatoms. The summed E-state index contributed by atoms with van der Waals surface area (Å²) < 4.78 is 38.8. The number of hydrogen-bond donors (Lipinski definition) is 6. The third-order valence-electron chi connectivity index (χ3n) is 6.17. The van der Waals surface area contributed by atoms with Crippen LogP contribution in [0.15, 0.2) is 0 Å². The summed E-state index contributed by atoms with van der Waals surface area (Å²) in [5.41, 5.74) is -2.82. The van der Waals surface area contributed by atoms with E-state index < -0.39 is 46.6 Å². The van der Waals surface area contributed by atoms with E-state index >= 15 is 0 Å². The molecule has 278 valence electrons. The molecule has 48 heavy (non-hydrogen) atoms. The van der Waals surface area contributed by atoms with E-state index in [0.717, 1.165) is 0 Å². The molecule has 0 unspecified atom stereocenters. The van der Waals surface area contributed by atoms with Crippen LogP contribution in [0.1, 0.15) is 44.9 Å². The minimum Gasteiger partial charge on any atom is -0.465 e. The Morgan fingerprint density at radius 3 is 0.771 bits per heavy atom. The van der Waals surface area contributed by atoms with E-state index in [2.05, 4.69) is 75.8 Å². The van der Waals surface area contributed by atoms with E-state index in [1.54, 1.807) is 0 Å². The average Bonchev–Trinajstić information content (AvgIpc) is 3.05. The van der Waals surface area contributed by atoms with Gasteiger partial charge in [-0.15, -0.1) is 0 Å². The number of ether oxygens (including phenoxy) is 7. The van der Waals surface area contributed by atoms with Crippen LogP contribution < -0.4 is 0 Å². The molecule has 0 aliphatic heterocycles. The van der Waals surface area contributed by atoms with Crippen molar-refractivity contribution in [1.29, 1.82) is 0 Å². The maximum atomic E-state index is 12.5. The molecule has 0 aliphatic carbocycles. The molecule has 0 heterocycles. The zero-order valence-corrected chi connectivity index (χ0v) is 32.2. The lowest BCUT2D eigenvalue weighted by atomic mass is 9.90. The highest BCUT2D eigenvalue weighted by molar-refractivity contribution is 7.81. The van der Waals surface area contributed by atoms with Gasteiger partial charge >= 0.3 is 35.8 Å². The number of hydrogen-bond acceptors (Lipinski definition) is 19. The molecule has 0 fully saturated rings. The smallest absolute Gasteiger partial charge is 0.306 e. The second-order valence-corrected chi connectivity index (χ2v) is 13.3. The van der Waals surface area contributed by atoms with Crippen LogP contribution in [0.25, 0.3) is 0 Å². The SMILES string of the molecule is O=C(CCS)OCC(COCC(COC(=O)CCS)(COC(=O)CCS)COC(=O)CCCS)(COC(=O)CCS)COC(=O)CCS. The van der Waals surface area contributed by atoms with Gasteiger partial charge in [0.25, 0.3) is 0 Å². The molecule has 0 rings (SSSR count). The third kappa shape index (κ3) is 22.6. The maximum Gasteiger partial charge on any atom is 0.306 e. The Labute approximate surface area is 315 Å². The Hall–Kier alpha value is -1.12. The minimum atomic E-state index is -1.41. The van der Waals surface area contributed by atoms with Crippen molar-refractivity contribution in [3.63, 3.8) is 0 Å². The normalized spacial score (nSPS) is 11.4. The highest BCUT2D eigenvalue weighted by Crippen LogP contribution is 2.27. The molecule has 0 spiro atoms. The van der Waals surface area contributed by atoms with Crippen molar-refractivity contribution in [2.75, 3.05) is 87.4 Å². The second-order valence-electron chi connectivity index (χ2n) is 10.7. The summed E-state index contributed by atoms with van der Waals surface area (Å²) in [6.07, 6.45) is 0.428. The maximum absolute atomic E-state index is 12.5. The van der Waals surface area contributed by atoms with Crippen LogP contribution in [0.5, 0.6) is 0 Å². The molecule has 0 aliphatic rings. The monoisotopic (exact) mass is 796 g/mol. The van der Waals surface area contributed by atoms with Gasteiger partial charge in [0.2, 0.25) is 0 Å². The van der Waals surface area contributed by atoms with E-state index in [-0.39, 0.29) is 120 Å². The Morgan fingerprint density at radius 1 is 0.333 bits per heavy atom. The average molecular weight is 797 g/mol. The first kappa shape index (κ1) is 46.9. The Bertz CT molecular complexity index is 908. The van der Waals surface area contributed by atoms with Crippen LogP contribution in [-0.2, 0) is 61.9 Å². The fourth-order valence-corrected chi connectivity index (χ4v) is 4.57. The van der Waals surface area contributed by atoms with Gasteiger partial charge < -0.3 is 33.2 Å². The van der Waals surface area contributed by atoms with Crippen LogP contribution in [0.2, 0.25) is 0 Å². The van der Waals surface area contributed by atoms with Gasteiger partial charge in [-0.05, 0) is 12.2 Å². The molecule has 0 aromatic carbocycles. The molecule has 0 bridgehead atoms. The molecular formula is C29H48O13S6. The quantitative estimate of drug-likeness (QED) is 0.0372. The topological polar surface area (TPSA) is 167 Å². The number of rotatable bonds is 29. The summed E-state index contributed by atoms with van der Waals surface area (Å²) in [5.74, 6) is -2.07. The van der Waals surface area contributed by atoms with Gasteiger partial charge in [-0.2, -0.15) is 75.8 Å². The summed E-state index contributed by atoms with van der Waals surface area (Å²) in [6, 6.07) is 0. The van der Waals surface area contributed by atoms with E-state index in [1.165, 1.54) is 0 Å². The summed E-state index contributed by atoms with van der Waals surface area (Å²) in [7, 11) is 0. The fraction of sp³-hybridized carbons (Fsp3) is 0.793. The number of thiol groups is 6. The van der Waals surface area contributed by atoms with Crippen molar-refractivity contribution in [3.05, 3.63) is 0 Å². The first-order valence-electron chi connectivity index (χ1n) is 15.1. The summed E-state index contributed by atoms with van der Waals surface area (Å²) >= 11 is 24.3. The molecule has 0 radical (unpaired) electrons. The van der Waals surface area contributed by atoms with Crippen molar-refractivity contribution in [3.8, 4) is 0 Å². The fourth-order valence-electron chi connectivity index (χ4n) is 3.50. The van der Waals surface area contributed by atoms with Crippen molar-refractivity contribution in [2.45, 2.75) is 44.9 Å². The lowest BCUT2D eigenvalue weighted by Gasteiger charge is -2.35. The Kier molecular flexibility index (Phi) is 27.9. The van der Waals surface area contributed by atoms with Crippen LogP contribution in [0, 0.1) is 10.8 Å². The van der Waals surface area contributed by atoms with Crippen LogP contribution >= 0.6 is 75.8 Å². The summed E-state index contributed by atoms with van der Waals surface area (Å²) in [5, 5.41) is 0. The van der Waals surface area contributed by atoms with E-state index in [1.807, 2.05) is 0 Å². The van der Waals surface area contributed by atoms with Crippen molar-refractivity contribution in [2.24, 2.45) is 10.8 Å². The van der Waals surface area contributed by atoms with Crippen molar-refractivity contribution >= 4 is 112 Å². The highest BCUT2D eigenvalue weighted by atomic mass is 32.1. The second kappa shape index (κ2) is 28.6. The first-order valence-corrected chi connectivity index (χ1v) is 18.9. The first-order chi connectivity index (χ1) is 22.9. The lowest BCUT2D eigenvalue weighted by molar-refractivity contribution is -0.174. The van der Waals surface area contributed by atoms with Crippen LogP contribution in [0.3, 0.4) is 0 Å². The zero-order valence-electron chi connectivity index (χ0n) is 26.8. The van der Waals surface area contributed by atoms with E-state index in [0.29, 0.717) is 12.2 Å². The molecule has 0 aromatic rings. The molecule has 0 saturated heterocycles. The molecule has 13 nitrogen and oxygen atoms in total. The van der Waals surface area contributed by atoms with Crippen molar-refractivity contribution < 1.29 is 61.9 Å². The predicted octanol–water partition coefficient (Wildman–Crippen LogP) is 2.54. The van der Waals surface area contributed by atoms with Gasteiger partial charge in [-0.25, -0.2) is 0 Å². The number of carbonyl (C=O) groups excluding carboxylic acids is 6. The third-order valence-corrected chi connectivity index (χ3v) is 7.61. The Morgan fingerprint density at radius 2 is 0.562 bits per heavy atom. The summed E-state index contributed by atoms with van der Waals surface area (Å²) in [6.45, 7) is -2.98. The number of esters is 6. The standard InChI is InChI=1S/C29H48O13S6/c30-22(2-1-8-43)37-16-28(17-38-23(31)3-9-44,18-39-24(32)4-10-45)14-36-15-29(19-40-25(33)5-11-46,20-41-26(34)6-12-47)21-42-27(35)7-13-48/h43-48H,1-21H2. The molecule has 0 aromatic heterocycles. The van der Waals surface area contributed by atoms with Crippen LogP contribution in [0.4, 0.5) is 0 Å². The van der Waals surface area contributed by atoms with Gasteiger partial charge in [-0.1, -0.05) is 0 Å². The zero-order chi connectivity index (χ0) is 36.3. The van der Waals surface area contributed by atoms with Crippen molar-refractivity contribution in [1.82, 2.24) is 0 Å². The van der Waals surface area contributed by atoms with Gasteiger partial charge in [-0.3, -0.25) is 28.8 Å². The largest absolute Gasteiger partial charge is 0.465 e. The van der Waals surface area contributed by atoms with E-state index in [9.17, 15) is 28.8 Å². The molecule has 0 atom stereocenters. The van der Waals surface area contributed by atoms with Crippen LogP contribution in [-0.4, -0.2) is 123 Å². The molecule has 0 amide bonds. The van der Waals surface area contributed by atoms with E-state index in [4.69, 9.17) is 33.2 Å². The van der Waals surface area contributed by atoms with Gasteiger partial charge in [0.15, 0.2) is 0 Å².